The number of hydrogen-bond donors (Lipinski definition) is 3. The van der Waals surface area contributed by atoms with Crippen LogP contribution in [-0.4, -0.2) is 30.1 Å². The number of hydroxylamine groups is 1. The van der Waals surface area contributed by atoms with Crippen LogP contribution in [0.15, 0.2) is 60.7 Å². The topological polar surface area (TPSA) is 81.7 Å². The summed E-state index contributed by atoms with van der Waals surface area (Å²) in [6, 6.07) is 19.3. The molecule has 6 heteroatoms. The lowest BCUT2D eigenvalue weighted by atomic mass is 10.1. The van der Waals surface area contributed by atoms with Crippen molar-refractivity contribution in [2.45, 2.75) is 38.5 Å². The number of rotatable bonds is 12. The van der Waals surface area contributed by atoms with Crippen LogP contribution in [0, 0.1) is 0 Å². The van der Waals surface area contributed by atoms with E-state index in [0.29, 0.717) is 6.42 Å². The first-order valence-electron chi connectivity index (χ1n) is 9.79. The molecule has 0 saturated carbocycles. The maximum Gasteiger partial charge on any atom is 0.245 e. The van der Waals surface area contributed by atoms with E-state index in [-0.39, 0.29) is 18.4 Å². The van der Waals surface area contributed by atoms with E-state index in [1.165, 1.54) is 0 Å². The minimum Gasteiger partial charge on any atom is -0.308 e. The summed E-state index contributed by atoms with van der Waals surface area (Å²) in [6.07, 6.45) is 5.16. The second-order valence-corrected chi connectivity index (χ2v) is 6.63. The van der Waals surface area contributed by atoms with E-state index >= 15 is 0 Å². The Morgan fingerprint density at radius 2 is 1.32 bits per heavy atom. The molecular weight excluding hydrogens is 354 g/mol. The van der Waals surface area contributed by atoms with Crippen LogP contribution in [0.4, 0.5) is 11.4 Å². The van der Waals surface area contributed by atoms with Crippen LogP contribution in [0.25, 0.3) is 0 Å². The van der Waals surface area contributed by atoms with E-state index < -0.39 is 0 Å². The highest BCUT2D eigenvalue weighted by Crippen LogP contribution is 2.24. The molecule has 0 unspecified atom stereocenters. The lowest BCUT2D eigenvalue weighted by Crippen LogP contribution is -2.35. The van der Waals surface area contributed by atoms with Crippen molar-refractivity contribution < 1.29 is 14.8 Å². The third-order valence-electron chi connectivity index (χ3n) is 4.44. The maximum atomic E-state index is 12.8. The predicted molar refractivity (Wildman–Crippen MR) is 111 cm³/mol. The zero-order valence-electron chi connectivity index (χ0n) is 16.1. The Morgan fingerprint density at radius 1 is 0.786 bits per heavy atom. The monoisotopic (exact) mass is 383 g/mol. The first-order chi connectivity index (χ1) is 13.7. The van der Waals surface area contributed by atoms with E-state index in [4.69, 9.17) is 5.21 Å². The van der Waals surface area contributed by atoms with Gasteiger partial charge in [-0.3, -0.25) is 19.7 Å². The Kier molecular flexibility index (Phi) is 9.75. The van der Waals surface area contributed by atoms with Crippen LogP contribution in [0.1, 0.15) is 38.5 Å². The Hall–Kier alpha value is -2.70. The second kappa shape index (κ2) is 12.6. The summed E-state index contributed by atoms with van der Waals surface area (Å²) in [6.45, 7) is 1.06. The molecule has 2 aromatic carbocycles. The zero-order chi connectivity index (χ0) is 20.0. The van der Waals surface area contributed by atoms with Crippen LogP contribution in [0.3, 0.4) is 0 Å². The fourth-order valence-corrected chi connectivity index (χ4v) is 2.99. The van der Waals surface area contributed by atoms with Crippen molar-refractivity contribution in [2.24, 2.45) is 0 Å². The van der Waals surface area contributed by atoms with Crippen LogP contribution in [0.5, 0.6) is 0 Å². The van der Waals surface area contributed by atoms with Crippen molar-refractivity contribution >= 4 is 23.2 Å². The average Bonchev–Trinajstić information content (AvgIpc) is 2.74. The number of unbranched alkanes of at least 4 members (excludes halogenated alkanes) is 4. The number of para-hydroxylation sites is 2. The standard InChI is InChI=1S/C22H29N3O3/c26-21(24-28)16-10-2-1-3-11-17-23-18-22(27)25(19-12-6-4-7-13-19)20-14-8-5-9-15-20/h4-9,12-15,23,28H,1-3,10-11,16-18H2,(H,24,26). The van der Waals surface area contributed by atoms with Crippen molar-refractivity contribution in [2.75, 3.05) is 18.0 Å². The Balaban J connectivity index is 1.72. The highest BCUT2D eigenvalue weighted by molar-refractivity contribution is 6.01. The van der Waals surface area contributed by atoms with Gasteiger partial charge in [0.1, 0.15) is 0 Å². The summed E-state index contributed by atoms with van der Waals surface area (Å²) in [5.74, 6) is -0.325. The molecule has 0 spiro atoms. The molecule has 2 aromatic rings. The molecule has 0 aliphatic heterocycles. The number of amides is 2. The fourth-order valence-electron chi connectivity index (χ4n) is 2.99. The molecule has 3 N–H and O–H groups in total. The Morgan fingerprint density at radius 3 is 1.89 bits per heavy atom. The highest BCUT2D eigenvalue weighted by Gasteiger charge is 2.16. The van der Waals surface area contributed by atoms with Crippen molar-refractivity contribution in [3.8, 4) is 0 Å². The van der Waals surface area contributed by atoms with Gasteiger partial charge < -0.3 is 5.32 Å². The summed E-state index contributed by atoms with van der Waals surface area (Å²) in [7, 11) is 0. The van der Waals surface area contributed by atoms with Crippen LogP contribution < -0.4 is 15.7 Å². The molecule has 28 heavy (non-hydrogen) atoms. The van der Waals surface area contributed by atoms with Crippen LogP contribution >= 0.6 is 0 Å². The van der Waals surface area contributed by atoms with Gasteiger partial charge in [0.15, 0.2) is 0 Å². The van der Waals surface area contributed by atoms with Crippen molar-refractivity contribution in [3.05, 3.63) is 60.7 Å². The maximum absolute atomic E-state index is 12.8. The van der Waals surface area contributed by atoms with E-state index in [0.717, 1.165) is 50.0 Å². The molecule has 0 saturated heterocycles. The zero-order valence-corrected chi connectivity index (χ0v) is 16.1. The van der Waals surface area contributed by atoms with Gasteiger partial charge in [-0.15, -0.1) is 0 Å². The first kappa shape index (κ1) is 21.6. The molecule has 0 radical (unpaired) electrons. The van der Waals surface area contributed by atoms with Gasteiger partial charge in [-0.05, 0) is 43.7 Å². The third-order valence-corrected chi connectivity index (χ3v) is 4.44. The molecule has 0 fully saturated rings. The molecular formula is C22H29N3O3. The molecule has 2 rings (SSSR count). The molecule has 0 bridgehead atoms. The van der Waals surface area contributed by atoms with Crippen molar-refractivity contribution in [1.82, 2.24) is 10.8 Å². The van der Waals surface area contributed by atoms with Crippen LogP contribution in [0.2, 0.25) is 0 Å². The van der Waals surface area contributed by atoms with Crippen molar-refractivity contribution in [1.29, 1.82) is 0 Å². The van der Waals surface area contributed by atoms with Gasteiger partial charge in [0.05, 0.1) is 6.54 Å². The van der Waals surface area contributed by atoms with Gasteiger partial charge in [-0.25, -0.2) is 5.48 Å². The molecule has 2 amide bonds. The fraction of sp³-hybridized carbons (Fsp3) is 0.364. The molecule has 0 aliphatic carbocycles. The number of benzene rings is 2. The summed E-state index contributed by atoms with van der Waals surface area (Å²) in [5, 5.41) is 11.7. The highest BCUT2D eigenvalue weighted by atomic mass is 16.5. The largest absolute Gasteiger partial charge is 0.308 e. The van der Waals surface area contributed by atoms with E-state index in [9.17, 15) is 9.59 Å². The summed E-state index contributed by atoms with van der Waals surface area (Å²) in [5.41, 5.74) is 3.35. The number of hydrogen-bond acceptors (Lipinski definition) is 4. The van der Waals surface area contributed by atoms with Crippen molar-refractivity contribution in [3.63, 3.8) is 0 Å². The average molecular weight is 383 g/mol. The Labute approximate surface area is 166 Å². The van der Waals surface area contributed by atoms with Crippen LogP contribution in [-0.2, 0) is 9.59 Å². The van der Waals surface area contributed by atoms with E-state index in [1.54, 1.807) is 10.4 Å². The van der Waals surface area contributed by atoms with Gasteiger partial charge in [0.2, 0.25) is 11.8 Å². The second-order valence-electron chi connectivity index (χ2n) is 6.63. The molecule has 150 valence electrons. The number of nitrogens with one attached hydrogen (secondary N) is 2. The molecule has 6 nitrogen and oxygen atoms in total. The first-order valence-corrected chi connectivity index (χ1v) is 9.79. The molecule has 0 aromatic heterocycles. The minimum absolute atomic E-state index is 0.00687. The summed E-state index contributed by atoms with van der Waals surface area (Å²) in [4.78, 5) is 25.5. The van der Waals surface area contributed by atoms with Gasteiger partial charge in [-0.1, -0.05) is 55.7 Å². The molecule has 0 aliphatic rings. The lowest BCUT2D eigenvalue weighted by molar-refractivity contribution is -0.129. The van der Waals surface area contributed by atoms with Gasteiger partial charge >= 0.3 is 0 Å². The SMILES string of the molecule is O=C(CCCCCCCNCC(=O)N(c1ccccc1)c1ccccc1)NO. The smallest absolute Gasteiger partial charge is 0.245 e. The van der Waals surface area contributed by atoms with E-state index in [1.807, 2.05) is 60.7 Å². The molecule has 0 heterocycles. The van der Waals surface area contributed by atoms with Gasteiger partial charge in [0.25, 0.3) is 0 Å². The summed E-state index contributed by atoms with van der Waals surface area (Å²) < 4.78 is 0. The number of nitrogens with zero attached hydrogens (tertiary/aromatic N) is 1. The predicted octanol–water partition coefficient (Wildman–Crippen LogP) is 3.79. The van der Waals surface area contributed by atoms with Gasteiger partial charge in [0, 0.05) is 17.8 Å². The number of anilines is 2. The van der Waals surface area contributed by atoms with E-state index in [2.05, 4.69) is 5.32 Å². The molecule has 0 atom stereocenters. The number of carbonyl (C=O) groups is 2. The normalized spacial score (nSPS) is 10.5. The Bertz CT molecular complexity index is 668. The number of carbonyl (C=O) groups excluding carboxylic acids is 2. The summed E-state index contributed by atoms with van der Waals surface area (Å²) >= 11 is 0. The minimum atomic E-state index is -0.332. The lowest BCUT2D eigenvalue weighted by Gasteiger charge is -2.23. The van der Waals surface area contributed by atoms with Gasteiger partial charge in [-0.2, -0.15) is 0 Å². The third kappa shape index (κ3) is 7.50. The quantitative estimate of drug-likeness (QED) is 0.296.